The van der Waals surface area contributed by atoms with Gasteiger partial charge in [0, 0.05) is 24.6 Å². The summed E-state index contributed by atoms with van der Waals surface area (Å²) in [6, 6.07) is 4.78. The Bertz CT molecular complexity index is 416. The van der Waals surface area contributed by atoms with E-state index in [-0.39, 0.29) is 11.7 Å². The number of halogens is 1. The maximum absolute atomic E-state index is 11.8. The van der Waals surface area contributed by atoms with E-state index >= 15 is 0 Å². The molecule has 1 aliphatic rings. The van der Waals surface area contributed by atoms with E-state index in [9.17, 15) is 9.90 Å². The molecule has 1 aromatic rings. The van der Waals surface area contributed by atoms with Crippen molar-refractivity contribution in [3.8, 4) is 5.75 Å². The van der Waals surface area contributed by atoms with Crippen molar-refractivity contribution in [1.82, 2.24) is 5.32 Å². The van der Waals surface area contributed by atoms with Gasteiger partial charge < -0.3 is 15.2 Å². The molecular formula is C12H14BrNO3. The zero-order valence-electron chi connectivity index (χ0n) is 9.28. The van der Waals surface area contributed by atoms with Crippen molar-refractivity contribution in [2.75, 3.05) is 19.8 Å². The Kier molecular flexibility index (Phi) is 4.02. The predicted molar refractivity (Wildman–Crippen MR) is 67.1 cm³/mol. The number of benzene rings is 1. The minimum atomic E-state index is -0.167. The van der Waals surface area contributed by atoms with Gasteiger partial charge in [-0.25, -0.2) is 0 Å². The summed E-state index contributed by atoms with van der Waals surface area (Å²) in [5, 5.41) is 12.3. The highest BCUT2D eigenvalue weighted by Gasteiger charge is 2.17. The molecule has 0 radical (unpaired) electrons. The molecule has 1 aromatic carbocycles. The summed E-state index contributed by atoms with van der Waals surface area (Å²) in [4.78, 5) is 11.8. The molecule has 1 unspecified atom stereocenters. The van der Waals surface area contributed by atoms with Gasteiger partial charge in [-0.05, 0) is 40.5 Å². The quantitative estimate of drug-likeness (QED) is 0.896. The summed E-state index contributed by atoms with van der Waals surface area (Å²) in [6.07, 6.45) is 0.992. The lowest BCUT2D eigenvalue weighted by Gasteiger charge is -2.09. The topological polar surface area (TPSA) is 58.6 Å². The number of carbonyl (C=O) groups excluding carboxylic acids is 1. The van der Waals surface area contributed by atoms with Gasteiger partial charge in [-0.2, -0.15) is 0 Å². The fraction of sp³-hybridized carbons (Fsp3) is 0.417. The summed E-state index contributed by atoms with van der Waals surface area (Å²) in [5.74, 6) is 0.310. The minimum absolute atomic E-state index is 0.0712. The highest BCUT2D eigenvalue weighted by atomic mass is 79.9. The molecule has 0 aliphatic carbocycles. The highest BCUT2D eigenvalue weighted by Crippen LogP contribution is 2.24. The fourth-order valence-corrected chi connectivity index (χ4v) is 1.98. The molecule has 1 amide bonds. The molecule has 92 valence electrons. The van der Waals surface area contributed by atoms with Crippen LogP contribution in [0.2, 0.25) is 0 Å². The van der Waals surface area contributed by atoms with Gasteiger partial charge in [-0.3, -0.25) is 4.79 Å². The van der Waals surface area contributed by atoms with Crippen LogP contribution in [-0.2, 0) is 4.74 Å². The number of carbonyl (C=O) groups is 1. The summed E-state index contributed by atoms with van der Waals surface area (Å²) < 4.78 is 5.81. The van der Waals surface area contributed by atoms with Crippen LogP contribution in [0.3, 0.4) is 0 Å². The van der Waals surface area contributed by atoms with E-state index in [1.165, 1.54) is 6.07 Å². The van der Waals surface area contributed by atoms with E-state index in [2.05, 4.69) is 21.2 Å². The van der Waals surface area contributed by atoms with Crippen LogP contribution in [0.4, 0.5) is 0 Å². The SMILES string of the molecule is O=C(NCC1CCOC1)c1ccc(Br)c(O)c1. The Morgan fingerprint density at radius 1 is 1.59 bits per heavy atom. The molecule has 0 aromatic heterocycles. The summed E-state index contributed by atoms with van der Waals surface area (Å²) in [7, 11) is 0. The van der Waals surface area contributed by atoms with Crippen molar-refractivity contribution in [2.24, 2.45) is 5.92 Å². The molecule has 2 rings (SSSR count). The van der Waals surface area contributed by atoms with Crippen LogP contribution in [-0.4, -0.2) is 30.8 Å². The van der Waals surface area contributed by atoms with Crippen LogP contribution in [0.15, 0.2) is 22.7 Å². The molecule has 5 heteroatoms. The molecule has 1 aliphatic heterocycles. The van der Waals surface area contributed by atoms with E-state index in [4.69, 9.17) is 4.74 Å². The molecule has 17 heavy (non-hydrogen) atoms. The second kappa shape index (κ2) is 5.51. The Hall–Kier alpha value is -1.07. The zero-order chi connectivity index (χ0) is 12.3. The zero-order valence-corrected chi connectivity index (χ0v) is 10.9. The van der Waals surface area contributed by atoms with Crippen LogP contribution in [0.25, 0.3) is 0 Å². The normalized spacial score (nSPS) is 19.2. The van der Waals surface area contributed by atoms with E-state index in [1.807, 2.05) is 0 Å². The van der Waals surface area contributed by atoms with Crippen molar-refractivity contribution in [3.63, 3.8) is 0 Å². The third-order valence-corrected chi connectivity index (χ3v) is 3.45. The van der Waals surface area contributed by atoms with Gasteiger partial charge in [-0.1, -0.05) is 0 Å². The first-order valence-electron chi connectivity index (χ1n) is 5.51. The average Bonchev–Trinajstić information content (AvgIpc) is 2.82. The Morgan fingerprint density at radius 3 is 3.06 bits per heavy atom. The number of hydrogen-bond acceptors (Lipinski definition) is 3. The second-order valence-corrected chi connectivity index (χ2v) is 4.96. The number of hydrogen-bond donors (Lipinski definition) is 2. The van der Waals surface area contributed by atoms with Crippen molar-refractivity contribution >= 4 is 21.8 Å². The van der Waals surface area contributed by atoms with Gasteiger partial charge in [0.1, 0.15) is 5.75 Å². The molecule has 2 N–H and O–H groups in total. The fourth-order valence-electron chi connectivity index (χ4n) is 1.74. The summed E-state index contributed by atoms with van der Waals surface area (Å²) in [5.41, 5.74) is 0.463. The molecule has 1 atom stereocenters. The Labute approximate surface area is 108 Å². The lowest BCUT2D eigenvalue weighted by Crippen LogP contribution is -2.29. The number of ether oxygens (including phenoxy) is 1. The number of phenols is 1. The number of nitrogens with one attached hydrogen (secondary N) is 1. The van der Waals surface area contributed by atoms with Gasteiger partial charge >= 0.3 is 0 Å². The van der Waals surface area contributed by atoms with Gasteiger partial charge in [0.05, 0.1) is 11.1 Å². The summed E-state index contributed by atoms with van der Waals surface area (Å²) >= 11 is 3.17. The smallest absolute Gasteiger partial charge is 0.251 e. The number of aromatic hydroxyl groups is 1. The molecule has 1 heterocycles. The molecule has 1 fully saturated rings. The minimum Gasteiger partial charge on any atom is -0.507 e. The van der Waals surface area contributed by atoms with Crippen LogP contribution < -0.4 is 5.32 Å². The first-order chi connectivity index (χ1) is 8.16. The van der Waals surface area contributed by atoms with E-state index in [0.717, 1.165) is 13.0 Å². The van der Waals surface area contributed by atoms with E-state index < -0.39 is 0 Å². The Balaban J connectivity index is 1.92. The maximum atomic E-state index is 11.8. The standard InChI is InChI=1S/C12H14BrNO3/c13-10-2-1-9(5-11(10)15)12(16)14-6-8-3-4-17-7-8/h1-2,5,8,15H,3-4,6-7H2,(H,14,16). The van der Waals surface area contributed by atoms with Crippen molar-refractivity contribution in [2.45, 2.75) is 6.42 Å². The maximum Gasteiger partial charge on any atom is 0.251 e. The Morgan fingerprint density at radius 2 is 2.41 bits per heavy atom. The second-order valence-electron chi connectivity index (χ2n) is 4.11. The molecule has 4 nitrogen and oxygen atoms in total. The van der Waals surface area contributed by atoms with E-state index in [1.54, 1.807) is 12.1 Å². The highest BCUT2D eigenvalue weighted by molar-refractivity contribution is 9.10. The van der Waals surface area contributed by atoms with Crippen molar-refractivity contribution in [1.29, 1.82) is 0 Å². The lowest BCUT2D eigenvalue weighted by molar-refractivity contribution is 0.0944. The van der Waals surface area contributed by atoms with Gasteiger partial charge in [0.15, 0.2) is 0 Å². The third kappa shape index (κ3) is 3.20. The monoisotopic (exact) mass is 299 g/mol. The third-order valence-electron chi connectivity index (χ3n) is 2.78. The first kappa shape index (κ1) is 12.4. The molecular weight excluding hydrogens is 286 g/mol. The van der Waals surface area contributed by atoms with Crippen LogP contribution in [0, 0.1) is 5.92 Å². The largest absolute Gasteiger partial charge is 0.507 e. The number of amides is 1. The molecule has 0 spiro atoms. The van der Waals surface area contributed by atoms with Crippen molar-refractivity contribution < 1.29 is 14.6 Å². The lowest BCUT2D eigenvalue weighted by atomic mass is 10.1. The number of phenolic OH excluding ortho intramolecular Hbond substituents is 1. The van der Waals surface area contributed by atoms with E-state index in [0.29, 0.717) is 29.1 Å². The van der Waals surface area contributed by atoms with Crippen LogP contribution in [0.5, 0.6) is 5.75 Å². The van der Waals surface area contributed by atoms with Crippen molar-refractivity contribution in [3.05, 3.63) is 28.2 Å². The summed E-state index contributed by atoms with van der Waals surface area (Å²) in [6.45, 7) is 2.11. The van der Waals surface area contributed by atoms with Gasteiger partial charge in [0.25, 0.3) is 5.91 Å². The molecule has 0 saturated carbocycles. The molecule has 1 saturated heterocycles. The van der Waals surface area contributed by atoms with Crippen LogP contribution >= 0.6 is 15.9 Å². The number of rotatable bonds is 3. The van der Waals surface area contributed by atoms with Crippen LogP contribution in [0.1, 0.15) is 16.8 Å². The average molecular weight is 300 g/mol. The predicted octanol–water partition coefficient (Wildman–Crippen LogP) is 1.92. The molecule has 0 bridgehead atoms. The van der Waals surface area contributed by atoms with Gasteiger partial charge in [0.2, 0.25) is 0 Å². The van der Waals surface area contributed by atoms with Gasteiger partial charge in [-0.15, -0.1) is 0 Å². The first-order valence-corrected chi connectivity index (χ1v) is 6.30.